The van der Waals surface area contributed by atoms with Gasteiger partial charge in [-0.25, -0.2) is 0 Å². The molecular weight excluding hydrogens is 208 g/mol. The summed E-state index contributed by atoms with van der Waals surface area (Å²) in [7, 11) is 0. The summed E-state index contributed by atoms with van der Waals surface area (Å²) in [5, 5.41) is 5.91. The molecule has 1 rings (SSSR count). The fourth-order valence-electron chi connectivity index (χ4n) is 1.47. The second-order valence-electron chi connectivity index (χ2n) is 3.90. The molecule has 2 N–H and O–H groups in total. The van der Waals surface area contributed by atoms with Crippen molar-refractivity contribution in [1.29, 1.82) is 0 Å². The van der Waals surface area contributed by atoms with Gasteiger partial charge in [0.2, 0.25) is 5.91 Å². The van der Waals surface area contributed by atoms with Gasteiger partial charge >= 0.3 is 0 Å². The van der Waals surface area contributed by atoms with Crippen LogP contribution in [0.1, 0.15) is 19.8 Å². The smallest absolute Gasteiger partial charge is 0.233 e. The third-order valence-corrected chi connectivity index (χ3v) is 2.40. The van der Waals surface area contributed by atoms with Crippen molar-refractivity contribution >= 4 is 5.91 Å². The highest BCUT2D eigenvalue weighted by atomic mass is 16.6. The minimum absolute atomic E-state index is 0.0465. The highest BCUT2D eigenvalue weighted by Gasteiger charge is 2.13. The Morgan fingerprint density at radius 1 is 1.44 bits per heavy atom. The van der Waals surface area contributed by atoms with Crippen LogP contribution in [0.3, 0.4) is 0 Å². The second-order valence-corrected chi connectivity index (χ2v) is 3.90. The number of hydrogen-bond acceptors (Lipinski definition) is 4. The molecule has 0 saturated carbocycles. The Labute approximate surface area is 96.9 Å². The van der Waals surface area contributed by atoms with Crippen molar-refractivity contribution in [1.82, 2.24) is 10.6 Å². The lowest BCUT2D eigenvalue weighted by Crippen LogP contribution is -2.41. The summed E-state index contributed by atoms with van der Waals surface area (Å²) in [6.07, 6.45) is 2.21. The Morgan fingerprint density at radius 3 is 3.00 bits per heavy atom. The molecule has 94 valence electrons. The second kappa shape index (κ2) is 8.50. The fraction of sp³-hybridized carbons (Fsp3) is 0.909. The van der Waals surface area contributed by atoms with E-state index in [1.807, 2.05) is 0 Å². The Hall–Kier alpha value is -0.650. The van der Waals surface area contributed by atoms with Crippen molar-refractivity contribution in [2.75, 3.05) is 39.5 Å². The van der Waals surface area contributed by atoms with Crippen LogP contribution in [0.2, 0.25) is 0 Å². The Morgan fingerprint density at radius 2 is 2.31 bits per heavy atom. The van der Waals surface area contributed by atoms with E-state index < -0.39 is 0 Å². The molecule has 5 heteroatoms. The molecule has 0 aromatic carbocycles. The third-order valence-electron chi connectivity index (χ3n) is 2.40. The molecule has 16 heavy (non-hydrogen) atoms. The summed E-state index contributed by atoms with van der Waals surface area (Å²) >= 11 is 0. The van der Waals surface area contributed by atoms with E-state index in [9.17, 15) is 4.79 Å². The molecule has 1 atom stereocenters. The van der Waals surface area contributed by atoms with Gasteiger partial charge < -0.3 is 20.1 Å². The molecule has 5 nitrogen and oxygen atoms in total. The topological polar surface area (TPSA) is 59.6 Å². The van der Waals surface area contributed by atoms with Crippen LogP contribution in [0.25, 0.3) is 0 Å². The monoisotopic (exact) mass is 230 g/mol. The van der Waals surface area contributed by atoms with Crippen molar-refractivity contribution in [2.24, 2.45) is 0 Å². The molecule has 1 amide bonds. The standard InChI is InChI=1S/C11H22N2O3/c1-2-3-4-13-11(14)8-12-7-10-9-15-5-6-16-10/h10,12H,2-9H2,1H3,(H,13,14). The predicted octanol–water partition coefficient (Wildman–Crippen LogP) is -0.0923. The van der Waals surface area contributed by atoms with Crippen LogP contribution in [-0.2, 0) is 14.3 Å². The van der Waals surface area contributed by atoms with Gasteiger partial charge in [0.1, 0.15) is 0 Å². The van der Waals surface area contributed by atoms with E-state index in [4.69, 9.17) is 9.47 Å². The molecule has 0 bridgehead atoms. The van der Waals surface area contributed by atoms with Crippen molar-refractivity contribution in [2.45, 2.75) is 25.9 Å². The number of carbonyl (C=O) groups excluding carboxylic acids is 1. The van der Waals surface area contributed by atoms with Gasteiger partial charge in [-0.3, -0.25) is 4.79 Å². The first-order valence-electron chi connectivity index (χ1n) is 5.99. The van der Waals surface area contributed by atoms with Crippen LogP contribution in [0.5, 0.6) is 0 Å². The van der Waals surface area contributed by atoms with Crippen LogP contribution in [0.4, 0.5) is 0 Å². The van der Waals surface area contributed by atoms with Crippen LogP contribution in [-0.4, -0.2) is 51.5 Å². The van der Waals surface area contributed by atoms with E-state index in [1.54, 1.807) is 0 Å². The summed E-state index contributed by atoms with van der Waals surface area (Å²) in [4.78, 5) is 11.3. The average Bonchev–Trinajstić information content (AvgIpc) is 2.31. The molecule has 1 fully saturated rings. The molecule has 0 aromatic rings. The van der Waals surface area contributed by atoms with E-state index >= 15 is 0 Å². The maximum atomic E-state index is 11.3. The average molecular weight is 230 g/mol. The minimum Gasteiger partial charge on any atom is -0.376 e. The van der Waals surface area contributed by atoms with E-state index in [0.717, 1.165) is 19.4 Å². The fourth-order valence-corrected chi connectivity index (χ4v) is 1.47. The minimum atomic E-state index is 0.0465. The lowest BCUT2D eigenvalue weighted by molar-refractivity contribution is -0.120. The van der Waals surface area contributed by atoms with Gasteiger partial charge in [-0.05, 0) is 6.42 Å². The Bertz CT molecular complexity index is 194. The maximum absolute atomic E-state index is 11.3. The SMILES string of the molecule is CCCCNC(=O)CNCC1COCCO1. The van der Waals surface area contributed by atoms with Crippen LogP contribution < -0.4 is 10.6 Å². The molecule has 0 spiro atoms. The number of amides is 1. The summed E-state index contributed by atoms with van der Waals surface area (Å²) in [5.74, 6) is 0.0465. The zero-order chi connectivity index (χ0) is 11.6. The van der Waals surface area contributed by atoms with Crippen molar-refractivity contribution in [3.8, 4) is 0 Å². The molecule has 1 aliphatic rings. The Kier molecular flexibility index (Phi) is 7.12. The van der Waals surface area contributed by atoms with Gasteiger partial charge in [0.05, 0.1) is 32.5 Å². The lowest BCUT2D eigenvalue weighted by atomic mass is 10.3. The molecule has 1 unspecified atom stereocenters. The predicted molar refractivity (Wildman–Crippen MR) is 61.3 cm³/mol. The van der Waals surface area contributed by atoms with Crippen LogP contribution in [0, 0.1) is 0 Å². The summed E-state index contributed by atoms with van der Waals surface area (Å²) < 4.78 is 10.7. The maximum Gasteiger partial charge on any atom is 0.233 e. The first-order chi connectivity index (χ1) is 7.83. The highest BCUT2D eigenvalue weighted by molar-refractivity contribution is 5.77. The Balaban J connectivity index is 1.94. The number of rotatable bonds is 7. The molecular formula is C11H22N2O3. The lowest BCUT2D eigenvalue weighted by Gasteiger charge is -2.23. The van der Waals surface area contributed by atoms with E-state index in [2.05, 4.69) is 17.6 Å². The normalized spacial score (nSPS) is 20.7. The van der Waals surface area contributed by atoms with Crippen molar-refractivity contribution in [3.05, 3.63) is 0 Å². The third kappa shape index (κ3) is 6.05. The van der Waals surface area contributed by atoms with Crippen molar-refractivity contribution < 1.29 is 14.3 Å². The first kappa shape index (κ1) is 13.4. The summed E-state index contributed by atoms with van der Waals surface area (Å²) in [6.45, 7) is 5.82. The van der Waals surface area contributed by atoms with Gasteiger partial charge in [-0.2, -0.15) is 0 Å². The largest absolute Gasteiger partial charge is 0.376 e. The highest BCUT2D eigenvalue weighted by Crippen LogP contribution is 1.98. The van der Waals surface area contributed by atoms with Gasteiger partial charge in [0, 0.05) is 13.1 Å². The number of carbonyl (C=O) groups is 1. The number of nitrogens with one attached hydrogen (secondary N) is 2. The van der Waals surface area contributed by atoms with E-state index in [1.165, 1.54) is 0 Å². The molecule has 0 radical (unpaired) electrons. The first-order valence-corrected chi connectivity index (χ1v) is 5.99. The van der Waals surface area contributed by atoms with Crippen LogP contribution in [0.15, 0.2) is 0 Å². The molecule has 1 aliphatic heterocycles. The summed E-state index contributed by atoms with van der Waals surface area (Å²) in [5.41, 5.74) is 0. The quantitative estimate of drug-likeness (QED) is 0.600. The number of hydrogen-bond donors (Lipinski definition) is 2. The van der Waals surface area contributed by atoms with Gasteiger partial charge in [0.15, 0.2) is 0 Å². The molecule has 0 aromatic heterocycles. The van der Waals surface area contributed by atoms with E-state index in [-0.39, 0.29) is 12.0 Å². The number of ether oxygens (including phenoxy) is 2. The number of unbranched alkanes of at least 4 members (excludes halogenated alkanes) is 1. The molecule has 1 heterocycles. The van der Waals surface area contributed by atoms with Crippen LogP contribution >= 0.6 is 0 Å². The van der Waals surface area contributed by atoms with Gasteiger partial charge in [0.25, 0.3) is 0 Å². The van der Waals surface area contributed by atoms with Crippen molar-refractivity contribution in [3.63, 3.8) is 0 Å². The molecule has 1 saturated heterocycles. The molecule has 0 aliphatic carbocycles. The summed E-state index contributed by atoms with van der Waals surface area (Å²) in [6, 6.07) is 0. The van der Waals surface area contributed by atoms with Gasteiger partial charge in [-0.1, -0.05) is 13.3 Å². The van der Waals surface area contributed by atoms with E-state index in [0.29, 0.717) is 32.9 Å². The zero-order valence-corrected chi connectivity index (χ0v) is 9.96. The van der Waals surface area contributed by atoms with Gasteiger partial charge in [-0.15, -0.1) is 0 Å². The zero-order valence-electron chi connectivity index (χ0n) is 9.96.